The van der Waals surface area contributed by atoms with Crippen LogP contribution in [-0.4, -0.2) is 37.0 Å². The second kappa shape index (κ2) is 5.53. The summed E-state index contributed by atoms with van der Waals surface area (Å²) in [6.07, 6.45) is 3.43. The first-order valence-electron chi connectivity index (χ1n) is 7.04. The van der Waals surface area contributed by atoms with Gasteiger partial charge in [-0.15, -0.1) is 0 Å². The van der Waals surface area contributed by atoms with Crippen molar-refractivity contribution in [3.63, 3.8) is 0 Å². The zero-order valence-electron chi connectivity index (χ0n) is 11.0. The van der Waals surface area contributed by atoms with Crippen LogP contribution >= 0.6 is 15.9 Å². The van der Waals surface area contributed by atoms with Crippen molar-refractivity contribution in [1.82, 2.24) is 4.90 Å². The summed E-state index contributed by atoms with van der Waals surface area (Å²) in [7, 11) is 0. The van der Waals surface area contributed by atoms with E-state index in [1.165, 1.54) is 12.1 Å². The summed E-state index contributed by atoms with van der Waals surface area (Å²) in [6.45, 7) is 3.58. The van der Waals surface area contributed by atoms with E-state index in [2.05, 4.69) is 43.9 Å². The molecule has 1 saturated carbocycles. The molecule has 4 heteroatoms. The van der Waals surface area contributed by atoms with Crippen molar-refractivity contribution in [3.05, 3.63) is 28.7 Å². The Labute approximate surface area is 122 Å². The number of carbonyl (C=O) groups excluding carboxylic acids is 1. The summed E-state index contributed by atoms with van der Waals surface area (Å²) < 4.78 is 1.13. The smallest absolute Gasteiger partial charge is 0.225 e. The van der Waals surface area contributed by atoms with Gasteiger partial charge in [0.25, 0.3) is 0 Å². The predicted molar refractivity (Wildman–Crippen MR) is 80.3 cm³/mol. The first-order chi connectivity index (χ1) is 9.25. The maximum atomic E-state index is 12.2. The number of hydrogen-bond acceptors (Lipinski definition) is 2. The van der Waals surface area contributed by atoms with Crippen LogP contribution in [0.3, 0.4) is 0 Å². The molecule has 1 saturated heterocycles. The van der Waals surface area contributed by atoms with Crippen LogP contribution in [0.2, 0.25) is 0 Å². The lowest BCUT2D eigenvalue weighted by Crippen LogP contribution is -2.51. The molecule has 1 aliphatic heterocycles. The van der Waals surface area contributed by atoms with Gasteiger partial charge in [-0.2, -0.15) is 0 Å². The number of hydrogen-bond donors (Lipinski definition) is 0. The van der Waals surface area contributed by atoms with E-state index < -0.39 is 0 Å². The molecule has 0 aromatic heterocycles. The maximum Gasteiger partial charge on any atom is 0.225 e. The monoisotopic (exact) mass is 322 g/mol. The molecule has 3 nitrogen and oxygen atoms in total. The van der Waals surface area contributed by atoms with Gasteiger partial charge in [-0.25, -0.2) is 0 Å². The molecule has 0 bridgehead atoms. The zero-order chi connectivity index (χ0) is 13.2. The summed E-state index contributed by atoms with van der Waals surface area (Å²) in [5.41, 5.74) is 1.23. The molecule has 2 aliphatic rings. The topological polar surface area (TPSA) is 23.6 Å². The van der Waals surface area contributed by atoms with E-state index in [1.54, 1.807) is 0 Å². The Bertz CT molecular complexity index is 465. The van der Waals surface area contributed by atoms with E-state index in [-0.39, 0.29) is 0 Å². The van der Waals surface area contributed by atoms with Crippen LogP contribution in [0, 0.1) is 5.92 Å². The van der Waals surface area contributed by atoms with E-state index in [0.29, 0.717) is 11.8 Å². The Hall–Kier alpha value is -1.03. The fraction of sp³-hybridized carbons (Fsp3) is 0.533. The molecule has 3 rings (SSSR count). The number of rotatable bonds is 2. The molecular formula is C15H19BrN2O. The molecule has 0 atom stereocenters. The molecular weight excluding hydrogens is 304 g/mol. The molecule has 1 heterocycles. The molecule has 0 spiro atoms. The van der Waals surface area contributed by atoms with Crippen molar-refractivity contribution >= 4 is 27.5 Å². The van der Waals surface area contributed by atoms with Crippen molar-refractivity contribution in [2.45, 2.75) is 19.3 Å². The van der Waals surface area contributed by atoms with Crippen LogP contribution in [0.5, 0.6) is 0 Å². The van der Waals surface area contributed by atoms with E-state index in [1.807, 2.05) is 6.07 Å². The molecule has 1 amide bonds. The second-order valence-corrected chi connectivity index (χ2v) is 6.25. The summed E-state index contributed by atoms with van der Waals surface area (Å²) in [6, 6.07) is 8.30. The van der Waals surface area contributed by atoms with E-state index in [4.69, 9.17) is 0 Å². The van der Waals surface area contributed by atoms with Gasteiger partial charge in [0.2, 0.25) is 5.91 Å². The van der Waals surface area contributed by atoms with E-state index in [9.17, 15) is 4.79 Å². The summed E-state index contributed by atoms with van der Waals surface area (Å²) in [5.74, 6) is 0.716. The number of piperazine rings is 1. The summed E-state index contributed by atoms with van der Waals surface area (Å²) in [5, 5.41) is 0. The number of carbonyl (C=O) groups is 1. The van der Waals surface area contributed by atoms with Gasteiger partial charge >= 0.3 is 0 Å². The van der Waals surface area contributed by atoms with Crippen molar-refractivity contribution in [3.8, 4) is 0 Å². The van der Waals surface area contributed by atoms with Gasteiger partial charge in [0.05, 0.1) is 5.69 Å². The number of anilines is 1. The van der Waals surface area contributed by atoms with Gasteiger partial charge in [-0.05, 0) is 40.9 Å². The molecule has 1 aliphatic carbocycles. The van der Waals surface area contributed by atoms with Crippen molar-refractivity contribution in [1.29, 1.82) is 0 Å². The Morgan fingerprint density at radius 3 is 2.37 bits per heavy atom. The third-order valence-corrected chi connectivity index (χ3v) is 4.91. The van der Waals surface area contributed by atoms with Crippen LogP contribution in [0.25, 0.3) is 0 Å². The van der Waals surface area contributed by atoms with Crippen molar-refractivity contribution in [2.24, 2.45) is 5.92 Å². The van der Waals surface area contributed by atoms with Crippen LogP contribution in [0.15, 0.2) is 28.7 Å². The quantitative estimate of drug-likeness (QED) is 0.835. The van der Waals surface area contributed by atoms with Crippen molar-refractivity contribution < 1.29 is 4.79 Å². The van der Waals surface area contributed by atoms with Gasteiger partial charge in [0.1, 0.15) is 0 Å². The van der Waals surface area contributed by atoms with Gasteiger partial charge in [-0.1, -0.05) is 18.6 Å². The average Bonchev–Trinajstić information content (AvgIpc) is 2.37. The minimum atomic E-state index is 0.329. The summed E-state index contributed by atoms with van der Waals surface area (Å²) >= 11 is 3.60. The Balaban J connectivity index is 1.60. The molecule has 0 unspecified atom stereocenters. The molecule has 1 aromatic rings. The minimum Gasteiger partial charge on any atom is -0.367 e. The SMILES string of the molecule is O=C(C1CCC1)N1CCN(c2ccccc2Br)CC1. The number of para-hydroxylation sites is 1. The van der Waals surface area contributed by atoms with Crippen LogP contribution in [0.1, 0.15) is 19.3 Å². The lowest BCUT2D eigenvalue weighted by atomic mass is 9.84. The number of halogens is 1. The number of nitrogens with zero attached hydrogens (tertiary/aromatic N) is 2. The normalized spacial score (nSPS) is 20.3. The molecule has 19 heavy (non-hydrogen) atoms. The Morgan fingerprint density at radius 1 is 1.11 bits per heavy atom. The molecule has 102 valence electrons. The first-order valence-corrected chi connectivity index (χ1v) is 7.83. The highest BCUT2D eigenvalue weighted by Crippen LogP contribution is 2.30. The third kappa shape index (κ3) is 2.64. The van der Waals surface area contributed by atoms with Crippen LogP contribution in [0.4, 0.5) is 5.69 Å². The van der Waals surface area contributed by atoms with Crippen molar-refractivity contribution in [2.75, 3.05) is 31.1 Å². The fourth-order valence-electron chi connectivity index (χ4n) is 2.79. The van der Waals surface area contributed by atoms with Gasteiger partial charge in [-0.3, -0.25) is 4.79 Å². The standard InChI is InChI=1S/C15H19BrN2O/c16-13-6-1-2-7-14(13)17-8-10-18(11-9-17)15(19)12-4-3-5-12/h1-2,6-7,12H,3-5,8-11H2. The lowest BCUT2D eigenvalue weighted by Gasteiger charge is -2.39. The van der Waals surface area contributed by atoms with E-state index >= 15 is 0 Å². The molecule has 0 N–H and O–H groups in total. The Morgan fingerprint density at radius 2 is 1.79 bits per heavy atom. The minimum absolute atomic E-state index is 0.329. The first kappa shape index (κ1) is 13.0. The largest absolute Gasteiger partial charge is 0.367 e. The highest BCUT2D eigenvalue weighted by atomic mass is 79.9. The van der Waals surface area contributed by atoms with Gasteiger partial charge < -0.3 is 9.80 Å². The Kier molecular flexibility index (Phi) is 3.78. The van der Waals surface area contributed by atoms with E-state index in [0.717, 1.165) is 43.5 Å². The van der Waals surface area contributed by atoms with Gasteiger partial charge in [0, 0.05) is 36.6 Å². The fourth-order valence-corrected chi connectivity index (χ4v) is 3.32. The second-order valence-electron chi connectivity index (χ2n) is 5.39. The lowest BCUT2D eigenvalue weighted by molar-refractivity contribution is -0.138. The predicted octanol–water partition coefficient (Wildman–Crippen LogP) is 2.90. The van der Waals surface area contributed by atoms with Crippen LogP contribution in [-0.2, 0) is 4.79 Å². The molecule has 0 radical (unpaired) electrons. The highest BCUT2D eigenvalue weighted by Gasteiger charge is 2.31. The summed E-state index contributed by atoms with van der Waals surface area (Å²) in [4.78, 5) is 16.6. The van der Waals surface area contributed by atoms with Crippen LogP contribution < -0.4 is 4.90 Å². The van der Waals surface area contributed by atoms with Gasteiger partial charge in [0.15, 0.2) is 0 Å². The highest BCUT2D eigenvalue weighted by molar-refractivity contribution is 9.10. The number of amides is 1. The molecule has 1 aromatic carbocycles. The zero-order valence-corrected chi connectivity index (χ0v) is 12.6. The molecule has 2 fully saturated rings. The third-order valence-electron chi connectivity index (χ3n) is 4.24. The maximum absolute atomic E-state index is 12.2. The number of benzene rings is 1. The average molecular weight is 323 g/mol.